The van der Waals surface area contributed by atoms with Gasteiger partial charge < -0.3 is 4.74 Å². The van der Waals surface area contributed by atoms with Crippen LogP contribution < -0.4 is 0 Å². The van der Waals surface area contributed by atoms with Crippen LogP contribution in [0.1, 0.15) is 16.7 Å². The molecule has 1 saturated heterocycles. The van der Waals surface area contributed by atoms with Crippen molar-refractivity contribution in [1.82, 2.24) is 4.31 Å². The van der Waals surface area contributed by atoms with Gasteiger partial charge in [-0.2, -0.15) is 35.9 Å². The van der Waals surface area contributed by atoms with E-state index in [1.807, 2.05) is 0 Å². The number of alkyl halides is 6. The van der Waals surface area contributed by atoms with Gasteiger partial charge in [-0.3, -0.25) is 0 Å². The van der Waals surface area contributed by atoms with Gasteiger partial charge in [0, 0.05) is 22.9 Å². The largest absolute Gasteiger partial charge is 0.416 e. The number of hydrogen-bond acceptors (Lipinski definition) is 5. The van der Waals surface area contributed by atoms with Gasteiger partial charge in [0.1, 0.15) is 0 Å². The van der Waals surface area contributed by atoms with Gasteiger partial charge in [0.15, 0.2) is 0 Å². The molecular formula is C19H14F6N2O3S2. The molecule has 0 aromatic heterocycles. The number of morpholine rings is 1. The molecule has 13 heteroatoms. The Bertz CT molecular complexity index is 1120. The van der Waals surface area contributed by atoms with Crippen molar-refractivity contribution in [3.8, 4) is 6.07 Å². The Morgan fingerprint density at radius 3 is 2.00 bits per heavy atom. The normalized spacial score (nSPS) is 16.0. The number of benzene rings is 2. The van der Waals surface area contributed by atoms with Crippen molar-refractivity contribution in [3.63, 3.8) is 0 Å². The zero-order chi connectivity index (χ0) is 23.7. The summed E-state index contributed by atoms with van der Waals surface area (Å²) in [6.07, 6.45) is -10.1. The molecule has 32 heavy (non-hydrogen) atoms. The van der Waals surface area contributed by atoms with E-state index in [1.54, 1.807) is 6.07 Å². The van der Waals surface area contributed by atoms with Crippen LogP contribution in [0.3, 0.4) is 0 Å². The van der Waals surface area contributed by atoms with Crippen LogP contribution in [0.4, 0.5) is 26.3 Å². The van der Waals surface area contributed by atoms with Crippen LogP contribution in [0.2, 0.25) is 0 Å². The molecule has 0 unspecified atom stereocenters. The second-order valence-electron chi connectivity index (χ2n) is 6.63. The third-order valence-corrected chi connectivity index (χ3v) is 7.56. The molecule has 0 spiro atoms. The Balaban J connectivity index is 2.11. The monoisotopic (exact) mass is 496 g/mol. The summed E-state index contributed by atoms with van der Waals surface area (Å²) in [7, 11) is -4.19. The fourth-order valence-electron chi connectivity index (χ4n) is 2.90. The lowest BCUT2D eigenvalue weighted by Crippen LogP contribution is -2.40. The summed E-state index contributed by atoms with van der Waals surface area (Å²) in [5.74, 6) is 0. The van der Waals surface area contributed by atoms with Gasteiger partial charge in [-0.1, -0.05) is 11.8 Å². The van der Waals surface area contributed by atoms with Gasteiger partial charge >= 0.3 is 12.4 Å². The van der Waals surface area contributed by atoms with E-state index < -0.39 is 38.4 Å². The fraction of sp³-hybridized carbons (Fsp3) is 0.316. The highest BCUT2D eigenvalue weighted by molar-refractivity contribution is 8.00. The highest BCUT2D eigenvalue weighted by atomic mass is 32.2. The maximum Gasteiger partial charge on any atom is 0.416 e. The Labute approximate surface area is 183 Å². The molecule has 0 N–H and O–H groups in total. The van der Waals surface area contributed by atoms with E-state index in [4.69, 9.17) is 10.00 Å². The molecule has 2 aromatic carbocycles. The number of nitriles is 1. The molecule has 1 aliphatic rings. The number of sulfonamides is 1. The Hall–Kier alpha value is -2.27. The quantitative estimate of drug-likeness (QED) is 0.571. The SMILES string of the molecule is N#Cc1ccc(Sc2cc(C(F)(F)F)cc(C(F)(F)F)c2)c(S(=O)(=O)N2CCOCC2)c1. The lowest BCUT2D eigenvalue weighted by atomic mass is 10.1. The Morgan fingerprint density at radius 2 is 1.50 bits per heavy atom. The van der Waals surface area contributed by atoms with Crippen LogP contribution in [0.5, 0.6) is 0 Å². The fourth-order valence-corrected chi connectivity index (χ4v) is 5.77. The minimum atomic E-state index is -5.04. The molecular weight excluding hydrogens is 482 g/mol. The van der Waals surface area contributed by atoms with Crippen molar-refractivity contribution in [2.75, 3.05) is 26.3 Å². The van der Waals surface area contributed by atoms with Gasteiger partial charge in [0.05, 0.1) is 40.9 Å². The first kappa shape index (κ1) is 24.4. The lowest BCUT2D eigenvalue weighted by molar-refractivity contribution is -0.143. The summed E-state index contributed by atoms with van der Waals surface area (Å²) in [6, 6.07) is 6.27. The Morgan fingerprint density at radius 1 is 0.938 bits per heavy atom. The molecule has 1 heterocycles. The molecule has 0 saturated carbocycles. The topological polar surface area (TPSA) is 70.4 Å². The first-order chi connectivity index (χ1) is 14.8. The first-order valence-corrected chi connectivity index (χ1v) is 11.2. The van der Waals surface area contributed by atoms with Crippen LogP contribution in [0, 0.1) is 11.3 Å². The molecule has 2 aromatic rings. The number of nitrogens with zero attached hydrogens (tertiary/aromatic N) is 2. The smallest absolute Gasteiger partial charge is 0.379 e. The van der Waals surface area contributed by atoms with Gasteiger partial charge in [0.25, 0.3) is 0 Å². The van der Waals surface area contributed by atoms with E-state index in [9.17, 15) is 34.8 Å². The van der Waals surface area contributed by atoms with E-state index in [0.29, 0.717) is 23.9 Å². The molecule has 3 rings (SSSR count). The van der Waals surface area contributed by atoms with Crippen molar-refractivity contribution in [2.45, 2.75) is 27.0 Å². The summed E-state index contributed by atoms with van der Waals surface area (Å²) in [6.45, 7) is 0.292. The lowest BCUT2D eigenvalue weighted by Gasteiger charge is -2.27. The molecule has 0 atom stereocenters. The molecule has 0 bridgehead atoms. The van der Waals surface area contributed by atoms with E-state index in [0.717, 1.165) is 10.4 Å². The van der Waals surface area contributed by atoms with Gasteiger partial charge in [-0.15, -0.1) is 0 Å². The van der Waals surface area contributed by atoms with Crippen molar-refractivity contribution < 1.29 is 39.5 Å². The standard InChI is InChI=1S/C19H14F6N2O3S2/c20-18(21,22)13-8-14(19(23,24)25)10-15(9-13)31-16-2-1-12(11-26)7-17(16)32(28,29)27-3-5-30-6-4-27/h1-2,7-10H,3-6H2. The van der Waals surface area contributed by atoms with Crippen molar-refractivity contribution >= 4 is 21.8 Å². The molecule has 0 aliphatic carbocycles. The predicted octanol–water partition coefficient (Wildman–Crippen LogP) is 4.77. The van der Waals surface area contributed by atoms with Crippen LogP contribution in [-0.2, 0) is 27.1 Å². The summed E-state index contributed by atoms with van der Waals surface area (Å²) >= 11 is 0.438. The zero-order valence-corrected chi connectivity index (χ0v) is 17.6. The summed E-state index contributed by atoms with van der Waals surface area (Å²) < 4.78 is 111. The minimum Gasteiger partial charge on any atom is -0.379 e. The minimum absolute atomic E-state index is 0.00573. The van der Waals surface area contributed by atoms with E-state index in [-0.39, 0.29) is 47.7 Å². The van der Waals surface area contributed by atoms with Crippen LogP contribution >= 0.6 is 11.8 Å². The van der Waals surface area contributed by atoms with Crippen molar-refractivity contribution in [3.05, 3.63) is 53.1 Å². The van der Waals surface area contributed by atoms with E-state index >= 15 is 0 Å². The summed E-state index contributed by atoms with van der Waals surface area (Å²) in [5, 5.41) is 9.14. The van der Waals surface area contributed by atoms with Gasteiger partial charge in [-0.05, 0) is 36.4 Å². The second kappa shape index (κ2) is 8.93. The maximum atomic E-state index is 13.2. The highest BCUT2D eigenvalue weighted by Crippen LogP contribution is 2.41. The average molecular weight is 496 g/mol. The number of halogens is 6. The molecule has 0 radical (unpaired) electrons. The first-order valence-electron chi connectivity index (χ1n) is 8.92. The summed E-state index contributed by atoms with van der Waals surface area (Å²) in [4.78, 5) is -0.937. The molecule has 5 nitrogen and oxygen atoms in total. The number of hydrogen-bond donors (Lipinski definition) is 0. The zero-order valence-electron chi connectivity index (χ0n) is 16.0. The van der Waals surface area contributed by atoms with Crippen LogP contribution in [0.15, 0.2) is 51.1 Å². The van der Waals surface area contributed by atoms with Crippen molar-refractivity contribution in [1.29, 1.82) is 5.26 Å². The molecule has 0 amide bonds. The summed E-state index contributed by atoms with van der Waals surface area (Å²) in [5.41, 5.74) is -3.05. The third kappa shape index (κ3) is 5.37. The number of rotatable bonds is 4. The van der Waals surface area contributed by atoms with Gasteiger partial charge in [-0.25, -0.2) is 8.42 Å². The maximum absolute atomic E-state index is 13.2. The third-order valence-electron chi connectivity index (χ3n) is 4.45. The molecule has 1 aliphatic heterocycles. The highest BCUT2D eigenvalue weighted by Gasteiger charge is 2.37. The molecule has 172 valence electrons. The van der Waals surface area contributed by atoms with Gasteiger partial charge in [0.2, 0.25) is 10.0 Å². The van der Waals surface area contributed by atoms with Crippen molar-refractivity contribution in [2.24, 2.45) is 0 Å². The average Bonchev–Trinajstić information content (AvgIpc) is 2.73. The second-order valence-corrected chi connectivity index (χ2v) is 9.66. The van der Waals surface area contributed by atoms with E-state index in [2.05, 4.69) is 0 Å². The Kier molecular flexibility index (Phi) is 6.80. The molecule has 1 fully saturated rings. The van der Waals surface area contributed by atoms with Crippen LogP contribution in [0.25, 0.3) is 0 Å². The predicted molar refractivity (Wildman–Crippen MR) is 101 cm³/mol. The van der Waals surface area contributed by atoms with Crippen LogP contribution in [-0.4, -0.2) is 39.0 Å². The van der Waals surface area contributed by atoms with E-state index in [1.165, 1.54) is 12.1 Å². The number of ether oxygens (including phenoxy) is 1.